The Morgan fingerprint density at radius 2 is 2.32 bits per heavy atom. The summed E-state index contributed by atoms with van der Waals surface area (Å²) in [5, 5.41) is 15.7. The average molecular weight is 418 g/mol. The van der Waals surface area contributed by atoms with Crippen molar-refractivity contribution in [2.75, 3.05) is 11.1 Å². The smallest absolute Gasteiger partial charge is 0.277 e. The van der Waals surface area contributed by atoms with Crippen LogP contribution < -0.4 is 5.32 Å². The minimum absolute atomic E-state index is 0.132. The fraction of sp³-hybridized carbons (Fsp3) is 0.474. The number of thioether (sulfide) groups is 1. The van der Waals surface area contributed by atoms with Crippen molar-refractivity contribution < 1.29 is 9.21 Å². The van der Waals surface area contributed by atoms with Crippen LogP contribution >= 0.6 is 23.1 Å². The molecular formula is C19H23N5O2S2. The number of nitrogens with one attached hydrogen (secondary N) is 1. The van der Waals surface area contributed by atoms with Gasteiger partial charge < -0.3 is 9.73 Å². The topological polar surface area (TPSA) is 85.8 Å². The van der Waals surface area contributed by atoms with Crippen molar-refractivity contribution >= 4 is 34.8 Å². The summed E-state index contributed by atoms with van der Waals surface area (Å²) in [7, 11) is 0. The van der Waals surface area contributed by atoms with E-state index in [1.165, 1.54) is 28.6 Å². The van der Waals surface area contributed by atoms with Crippen LogP contribution in [0.2, 0.25) is 0 Å². The van der Waals surface area contributed by atoms with Gasteiger partial charge in [0.2, 0.25) is 5.91 Å². The van der Waals surface area contributed by atoms with Crippen LogP contribution in [0.5, 0.6) is 0 Å². The summed E-state index contributed by atoms with van der Waals surface area (Å²) in [5.41, 5.74) is 1.41. The molecule has 7 nitrogen and oxygen atoms in total. The van der Waals surface area contributed by atoms with E-state index in [1.807, 2.05) is 13.8 Å². The number of fused-ring (bicyclic) bond motifs is 1. The molecule has 3 aromatic heterocycles. The Morgan fingerprint density at radius 1 is 1.46 bits per heavy atom. The zero-order valence-corrected chi connectivity index (χ0v) is 17.8. The van der Waals surface area contributed by atoms with Crippen molar-refractivity contribution in [1.82, 2.24) is 20.0 Å². The standard InChI is InChI=1S/C19H23N5O2S2/c1-11(2)24-16(6-7-20-24)21-17(25)10-27-19-23-22-18(26-19)15-9-13-8-12(3)4-5-14(13)28-15/h6-7,9,11-12H,4-5,8,10H2,1-3H3,(H,21,25). The van der Waals surface area contributed by atoms with Crippen molar-refractivity contribution in [1.29, 1.82) is 0 Å². The summed E-state index contributed by atoms with van der Waals surface area (Å²) in [6.45, 7) is 6.32. The average Bonchev–Trinajstić information content (AvgIpc) is 3.38. The van der Waals surface area contributed by atoms with Gasteiger partial charge in [-0.1, -0.05) is 18.7 Å². The molecule has 0 bridgehead atoms. The summed E-state index contributed by atoms with van der Waals surface area (Å²) in [5.74, 6) is 2.02. The molecule has 1 aliphatic rings. The first-order valence-electron chi connectivity index (χ1n) is 9.41. The van der Waals surface area contributed by atoms with Crippen LogP contribution in [0.15, 0.2) is 28.0 Å². The molecule has 0 aliphatic heterocycles. The maximum absolute atomic E-state index is 12.2. The molecular weight excluding hydrogens is 394 g/mol. The highest BCUT2D eigenvalue weighted by atomic mass is 32.2. The molecule has 0 saturated carbocycles. The first kappa shape index (κ1) is 19.2. The van der Waals surface area contributed by atoms with E-state index in [-0.39, 0.29) is 17.7 Å². The number of thiophene rings is 1. The van der Waals surface area contributed by atoms with Crippen LogP contribution in [-0.2, 0) is 17.6 Å². The lowest BCUT2D eigenvalue weighted by Crippen LogP contribution is -2.18. The highest BCUT2D eigenvalue weighted by Crippen LogP contribution is 2.37. The quantitative estimate of drug-likeness (QED) is 0.597. The number of carbonyl (C=O) groups is 1. The molecule has 0 aromatic carbocycles. The summed E-state index contributed by atoms with van der Waals surface area (Å²) < 4.78 is 7.55. The molecule has 0 spiro atoms. The van der Waals surface area contributed by atoms with Crippen LogP contribution in [-0.4, -0.2) is 31.6 Å². The fourth-order valence-electron chi connectivity index (χ4n) is 3.31. The third-order valence-corrected chi connectivity index (χ3v) is 6.74. The lowest BCUT2D eigenvalue weighted by molar-refractivity contribution is -0.113. The Balaban J connectivity index is 1.36. The molecule has 1 N–H and O–H groups in total. The Labute approximate surface area is 171 Å². The zero-order chi connectivity index (χ0) is 19.7. The van der Waals surface area contributed by atoms with E-state index in [1.54, 1.807) is 28.3 Å². The molecule has 28 heavy (non-hydrogen) atoms. The van der Waals surface area contributed by atoms with E-state index in [4.69, 9.17) is 4.42 Å². The first-order chi connectivity index (χ1) is 13.5. The van der Waals surface area contributed by atoms with E-state index in [2.05, 4.69) is 33.6 Å². The van der Waals surface area contributed by atoms with Crippen molar-refractivity contribution in [3.8, 4) is 10.8 Å². The number of anilines is 1. The number of rotatable bonds is 6. The maximum Gasteiger partial charge on any atom is 0.277 e. The SMILES string of the molecule is CC1CCc2sc(-c3nnc(SCC(=O)Nc4ccnn4C(C)C)o3)cc2C1. The third kappa shape index (κ3) is 4.15. The summed E-state index contributed by atoms with van der Waals surface area (Å²) in [6.07, 6.45) is 5.16. The number of aromatic nitrogens is 4. The van der Waals surface area contributed by atoms with Crippen molar-refractivity contribution in [3.05, 3.63) is 28.8 Å². The van der Waals surface area contributed by atoms with Crippen molar-refractivity contribution in [2.24, 2.45) is 5.92 Å². The van der Waals surface area contributed by atoms with Crippen LogP contribution in [0.3, 0.4) is 0 Å². The van der Waals surface area contributed by atoms with Gasteiger partial charge in [-0.25, -0.2) is 4.68 Å². The van der Waals surface area contributed by atoms with Crippen LogP contribution in [0.25, 0.3) is 10.8 Å². The predicted molar refractivity (Wildman–Crippen MR) is 111 cm³/mol. The molecule has 3 heterocycles. The molecule has 3 aromatic rings. The van der Waals surface area contributed by atoms with Crippen LogP contribution in [0.4, 0.5) is 5.82 Å². The zero-order valence-electron chi connectivity index (χ0n) is 16.1. The van der Waals surface area contributed by atoms with Gasteiger partial charge in [0.15, 0.2) is 0 Å². The number of carbonyl (C=O) groups excluding carboxylic acids is 1. The van der Waals surface area contributed by atoms with Gasteiger partial charge in [-0.3, -0.25) is 4.79 Å². The molecule has 1 unspecified atom stereocenters. The highest BCUT2D eigenvalue weighted by molar-refractivity contribution is 7.99. The fourth-order valence-corrected chi connectivity index (χ4v) is 5.00. The summed E-state index contributed by atoms with van der Waals surface area (Å²) >= 11 is 2.98. The molecule has 0 saturated heterocycles. The Kier molecular flexibility index (Phi) is 5.54. The number of nitrogens with zero attached hydrogens (tertiary/aromatic N) is 4. The van der Waals surface area contributed by atoms with Gasteiger partial charge >= 0.3 is 0 Å². The van der Waals surface area contributed by atoms with E-state index >= 15 is 0 Å². The van der Waals surface area contributed by atoms with Crippen LogP contribution in [0, 0.1) is 5.92 Å². The van der Waals surface area contributed by atoms with Crippen molar-refractivity contribution in [3.63, 3.8) is 0 Å². The Bertz CT molecular complexity index is 975. The molecule has 1 aliphatic carbocycles. The molecule has 0 radical (unpaired) electrons. The molecule has 0 fully saturated rings. The van der Waals surface area contributed by atoms with Gasteiger partial charge in [0.05, 0.1) is 16.8 Å². The second-order valence-corrected chi connectivity index (χ2v) is 9.44. The van der Waals surface area contributed by atoms with Gasteiger partial charge in [-0.05, 0) is 50.7 Å². The lowest BCUT2D eigenvalue weighted by Gasteiger charge is -2.16. The maximum atomic E-state index is 12.2. The highest BCUT2D eigenvalue weighted by Gasteiger charge is 2.21. The summed E-state index contributed by atoms with van der Waals surface area (Å²) in [6, 6.07) is 4.14. The van der Waals surface area contributed by atoms with Crippen LogP contribution in [0.1, 0.15) is 43.7 Å². The molecule has 148 valence electrons. The monoisotopic (exact) mass is 417 g/mol. The van der Waals surface area contributed by atoms with Crippen molar-refractivity contribution in [2.45, 2.75) is 51.3 Å². The van der Waals surface area contributed by atoms with E-state index in [9.17, 15) is 4.79 Å². The molecule has 4 rings (SSSR count). The molecule has 9 heteroatoms. The van der Waals surface area contributed by atoms with Gasteiger partial charge in [0.25, 0.3) is 11.1 Å². The number of amides is 1. The van der Waals surface area contributed by atoms with E-state index < -0.39 is 0 Å². The largest absolute Gasteiger partial charge is 0.410 e. The minimum atomic E-state index is -0.132. The van der Waals surface area contributed by atoms with Gasteiger partial charge in [-0.2, -0.15) is 5.10 Å². The third-order valence-electron chi connectivity index (χ3n) is 4.70. The second-order valence-electron chi connectivity index (χ2n) is 7.37. The minimum Gasteiger partial charge on any atom is -0.410 e. The van der Waals surface area contributed by atoms with Gasteiger partial charge in [0, 0.05) is 17.0 Å². The van der Waals surface area contributed by atoms with E-state index in [0.29, 0.717) is 16.9 Å². The van der Waals surface area contributed by atoms with E-state index in [0.717, 1.165) is 23.6 Å². The summed E-state index contributed by atoms with van der Waals surface area (Å²) in [4.78, 5) is 14.7. The number of hydrogen-bond acceptors (Lipinski definition) is 7. The predicted octanol–water partition coefficient (Wildman–Crippen LogP) is 4.43. The molecule has 1 atom stereocenters. The first-order valence-corrected chi connectivity index (χ1v) is 11.2. The normalized spacial score (nSPS) is 16.4. The Morgan fingerprint density at radius 3 is 3.14 bits per heavy atom. The lowest BCUT2D eigenvalue weighted by atomic mass is 9.90. The number of hydrogen-bond donors (Lipinski definition) is 1. The Hall–Kier alpha value is -2.13. The number of aryl methyl sites for hydroxylation is 1. The van der Waals surface area contributed by atoms with Gasteiger partial charge in [-0.15, -0.1) is 21.5 Å². The van der Waals surface area contributed by atoms with Gasteiger partial charge in [0.1, 0.15) is 5.82 Å². The molecule has 1 amide bonds. The second kappa shape index (κ2) is 8.08.